The molecule has 0 N–H and O–H groups in total. The van der Waals surface area contributed by atoms with Gasteiger partial charge in [-0.05, 0) is 42.7 Å². The summed E-state index contributed by atoms with van der Waals surface area (Å²) >= 11 is 3.54. The molecule has 2 amide bonds. The van der Waals surface area contributed by atoms with Crippen molar-refractivity contribution in [1.82, 2.24) is 14.7 Å². The van der Waals surface area contributed by atoms with Crippen LogP contribution in [0.15, 0.2) is 59.1 Å². The molecule has 6 nitrogen and oxygen atoms in total. The highest BCUT2D eigenvalue weighted by Crippen LogP contribution is 2.40. The number of rotatable bonds is 3. The van der Waals surface area contributed by atoms with Crippen molar-refractivity contribution in [1.29, 1.82) is 0 Å². The number of carbonyl (C=O) groups is 2. The van der Waals surface area contributed by atoms with E-state index in [1.807, 2.05) is 23.1 Å². The molecule has 31 heavy (non-hydrogen) atoms. The first kappa shape index (κ1) is 21.8. The Labute approximate surface area is 191 Å². The highest BCUT2D eigenvalue weighted by atomic mass is 79.9. The predicted molar refractivity (Wildman–Crippen MR) is 123 cm³/mol. The van der Waals surface area contributed by atoms with Gasteiger partial charge in [0, 0.05) is 56.2 Å². The smallest absolute Gasteiger partial charge is 0.410 e. The molecule has 2 aromatic rings. The number of carbonyl (C=O) groups excluding carboxylic acids is 2. The van der Waals surface area contributed by atoms with Crippen LogP contribution >= 0.6 is 15.9 Å². The molecule has 0 bridgehead atoms. The van der Waals surface area contributed by atoms with E-state index in [-0.39, 0.29) is 17.5 Å². The Morgan fingerprint density at radius 3 is 2.03 bits per heavy atom. The van der Waals surface area contributed by atoms with Crippen molar-refractivity contribution in [3.63, 3.8) is 0 Å². The third kappa shape index (κ3) is 4.77. The summed E-state index contributed by atoms with van der Waals surface area (Å²) in [6.45, 7) is 5.95. The second kappa shape index (κ2) is 9.40. The summed E-state index contributed by atoms with van der Waals surface area (Å²) < 4.78 is 6.57. The van der Waals surface area contributed by atoms with Gasteiger partial charge in [0.05, 0.1) is 0 Å². The van der Waals surface area contributed by atoms with Crippen LogP contribution in [0.1, 0.15) is 25.3 Å². The van der Waals surface area contributed by atoms with Crippen LogP contribution in [0, 0.1) is 0 Å². The molecule has 2 saturated heterocycles. The number of para-hydroxylation sites is 1. The first-order chi connectivity index (χ1) is 15.0. The Kier molecular flexibility index (Phi) is 6.62. The number of nitrogens with zero attached hydrogens (tertiary/aromatic N) is 3. The van der Waals surface area contributed by atoms with E-state index >= 15 is 0 Å². The lowest BCUT2D eigenvalue weighted by Crippen LogP contribution is -2.60. The molecular weight excluding hydrogens is 458 g/mol. The fourth-order valence-electron chi connectivity index (χ4n) is 4.71. The minimum Gasteiger partial charge on any atom is -0.410 e. The van der Waals surface area contributed by atoms with Gasteiger partial charge in [0.1, 0.15) is 5.75 Å². The number of halogens is 1. The molecule has 2 aromatic carbocycles. The predicted octanol–water partition coefficient (Wildman–Crippen LogP) is 4.10. The van der Waals surface area contributed by atoms with Crippen molar-refractivity contribution in [3.05, 3.63) is 64.6 Å². The Morgan fingerprint density at radius 2 is 1.45 bits per heavy atom. The maximum Gasteiger partial charge on any atom is 0.415 e. The molecule has 0 spiro atoms. The summed E-state index contributed by atoms with van der Waals surface area (Å²) in [5.41, 5.74) is 1.15. The second-order valence-corrected chi connectivity index (χ2v) is 9.12. The van der Waals surface area contributed by atoms with Gasteiger partial charge in [0.15, 0.2) is 0 Å². The first-order valence-electron chi connectivity index (χ1n) is 10.8. The van der Waals surface area contributed by atoms with Crippen LogP contribution in [-0.2, 0) is 10.3 Å². The molecule has 2 heterocycles. The molecule has 7 heteroatoms. The number of benzene rings is 2. The molecule has 2 aliphatic heterocycles. The zero-order chi connectivity index (χ0) is 21.8. The molecule has 0 aromatic heterocycles. The monoisotopic (exact) mass is 485 g/mol. The van der Waals surface area contributed by atoms with E-state index < -0.39 is 0 Å². The standard InChI is InChI=1S/C24H28BrN3O3/c1-19(29)26-13-11-24(12-14-26,20-7-9-21(25)10-8-20)28-17-15-27(16-18-28)23(30)31-22-5-3-2-4-6-22/h2-10H,11-18H2,1H3. The van der Waals surface area contributed by atoms with Crippen molar-refractivity contribution >= 4 is 27.9 Å². The Bertz CT molecular complexity index is 903. The molecule has 2 aliphatic rings. The fraction of sp³-hybridized carbons (Fsp3) is 0.417. The quantitative estimate of drug-likeness (QED) is 0.656. The van der Waals surface area contributed by atoms with Crippen molar-refractivity contribution in [2.75, 3.05) is 39.3 Å². The molecule has 4 rings (SSSR count). The van der Waals surface area contributed by atoms with Crippen LogP contribution in [0.5, 0.6) is 5.75 Å². The lowest BCUT2D eigenvalue weighted by atomic mass is 9.78. The van der Waals surface area contributed by atoms with Crippen LogP contribution < -0.4 is 4.74 Å². The minimum atomic E-state index is -0.296. The third-order valence-corrected chi connectivity index (χ3v) is 7.04. The van der Waals surface area contributed by atoms with Gasteiger partial charge in [0.2, 0.25) is 5.91 Å². The maximum absolute atomic E-state index is 12.6. The topological polar surface area (TPSA) is 53.1 Å². The number of likely N-dealkylation sites (tertiary alicyclic amines) is 1. The highest BCUT2D eigenvalue weighted by Gasteiger charge is 2.43. The summed E-state index contributed by atoms with van der Waals surface area (Å²) in [6.07, 6.45) is 1.49. The van der Waals surface area contributed by atoms with Gasteiger partial charge >= 0.3 is 6.09 Å². The summed E-state index contributed by atoms with van der Waals surface area (Å²) in [4.78, 5) is 30.7. The summed E-state index contributed by atoms with van der Waals surface area (Å²) in [7, 11) is 0. The van der Waals surface area contributed by atoms with Crippen LogP contribution in [0.4, 0.5) is 4.79 Å². The maximum atomic E-state index is 12.6. The summed E-state index contributed by atoms with van der Waals surface area (Å²) in [5, 5.41) is 0. The second-order valence-electron chi connectivity index (χ2n) is 8.20. The van der Waals surface area contributed by atoms with Gasteiger partial charge in [-0.3, -0.25) is 9.69 Å². The number of piperazine rings is 1. The van der Waals surface area contributed by atoms with Crippen LogP contribution in [0.3, 0.4) is 0 Å². The molecular formula is C24H28BrN3O3. The van der Waals surface area contributed by atoms with Gasteiger partial charge in [-0.2, -0.15) is 0 Å². The van der Waals surface area contributed by atoms with Crippen molar-refractivity contribution in [3.8, 4) is 5.75 Å². The van der Waals surface area contributed by atoms with Gasteiger partial charge < -0.3 is 14.5 Å². The van der Waals surface area contributed by atoms with E-state index in [9.17, 15) is 9.59 Å². The van der Waals surface area contributed by atoms with Gasteiger partial charge in [-0.15, -0.1) is 0 Å². The Morgan fingerprint density at radius 1 is 0.839 bits per heavy atom. The van der Waals surface area contributed by atoms with E-state index in [2.05, 4.69) is 45.1 Å². The molecule has 0 atom stereocenters. The number of ether oxygens (including phenoxy) is 1. The van der Waals surface area contributed by atoms with E-state index in [1.54, 1.807) is 24.0 Å². The zero-order valence-corrected chi connectivity index (χ0v) is 19.4. The molecule has 0 aliphatic carbocycles. The molecule has 0 radical (unpaired) electrons. The Balaban J connectivity index is 1.47. The zero-order valence-electron chi connectivity index (χ0n) is 17.8. The van der Waals surface area contributed by atoms with Crippen molar-refractivity contribution in [2.45, 2.75) is 25.3 Å². The summed E-state index contributed by atoms with van der Waals surface area (Å²) in [5.74, 6) is 0.704. The van der Waals surface area contributed by atoms with Crippen molar-refractivity contribution in [2.24, 2.45) is 0 Å². The average Bonchev–Trinajstić information content (AvgIpc) is 2.80. The largest absolute Gasteiger partial charge is 0.415 e. The fourth-order valence-corrected chi connectivity index (χ4v) is 4.97. The number of hydrogen-bond acceptors (Lipinski definition) is 4. The number of hydrogen-bond donors (Lipinski definition) is 0. The first-order valence-corrected chi connectivity index (χ1v) is 11.6. The van der Waals surface area contributed by atoms with Gasteiger partial charge in [-0.25, -0.2) is 4.79 Å². The number of amides is 2. The molecule has 2 fully saturated rings. The molecule has 0 saturated carbocycles. The molecule has 164 valence electrons. The van der Waals surface area contributed by atoms with E-state index in [4.69, 9.17) is 4.74 Å². The lowest BCUT2D eigenvalue weighted by Gasteiger charge is -2.51. The van der Waals surface area contributed by atoms with E-state index in [0.29, 0.717) is 18.8 Å². The van der Waals surface area contributed by atoms with Crippen LogP contribution in [0.2, 0.25) is 0 Å². The van der Waals surface area contributed by atoms with Gasteiger partial charge in [-0.1, -0.05) is 46.3 Å². The van der Waals surface area contributed by atoms with Crippen LogP contribution in [-0.4, -0.2) is 66.0 Å². The normalized spacial score (nSPS) is 19.2. The third-order valence-electron chi connectivity index (χ3n) is 6.51. The number of piperidine rings is 1. The van der Waals surface area contributed by atoms with E-state index in [1.165, 1.54) is 5.56 Å². The van der Waals surface area contributed by atoms with Crippen LogP contribution in [0.25, 0.3) is 0 Å². The Hall–Kier alpha value is -2.38. The average molecular weight is 486 g/mol. The summed E-state index contributed by atoms with van der Waals surface area (Å²) in [6, 6.07) is 17.7. The van der Waals surface area contributed by atoms with Gasteiger partial charge in [0.25, 0.3) is 0 Å². The van der Waals surface area contributed by atoms with Crippen molar-refractivity contribution < 1.29 is 14.3 Å². The lowest BCUT2D eigenvalue weighted by molar-refractivity contribution is -0.132. The van der Waals surface area contributed by atoms with E-state index in [0.717, 1.165) is 43.5 Å². The minimum absolute atomic E-state index is 0.123. The SMILES string of the molecule is CC(=O)N1CCC(c2ccc(Br)cc2)(N2CCN(C(=O)Oc3ccccc3)CC2)CC1. The highest BCUT2D eigenvalue weighted by molar-refractivity contribution is 9.10. The molecule has 0 unspecified atom stereocenters.